The lowest BCUT2D eigenvalue weighted by molar-refractivity contribution is -0.143. The minimum atomic E-state index is -1.69. The normalized spacial score (nSPS) is 16.4. The summed E-state index contributed by atoms with van der Waals surface area (Å²) < 4.78 is 5.09. The highest BCUT2D eigenvalue weighted by Gasteiger charge is 2.42. The maximum atomic E-state index is 12.7. The van der Waals surface area contributed by atoms with E-state index in [0.29, 0.717) is 16.0 Å². The van der Waals surface area contributed by atoms with Gasteiger partial charge in [-0.25, -0.2) is 14.5 Å². The zero-order chi connectivity index (χ0) is 28.5. The number of hydrogen-bond acceptors (Lipinski definition) is 9. The number of hydrogen-bond donors (Lipinski definition) is 5. The number of nitrogens with one attached hydrogen (secondary N) is 2. The Morgan fingerprint density at radius 3 is 2.28 bits per heavy atom. The van der Waals surface area contributed by atoms with Gasteiger partial charge in [0.05, 0.1) is 12.6 Å². The topological polar surface area (TPSA) is 218 Å². The molecule has 0 saturated carbocycles. The first-order chi connectivity index (χ1) is 18.6. The molecule has 39 heavy (non-hydrogen) atoms. The van der Waals surface area contributed by atoms with Crippen molar-refractivity contribution in [2.45, 2.75) is 31.0 Å². The number of cyclic esters (lactones) is 1. The summed E-state index contributed by atoms with van der Waals surface area (Å²) in [5.74, 6) is -0.672. The lowest BCUT2D eigenvalue weighted by atomic mass is 10.1. The standard InChI is InChI=1S/C25H25N5O9/c26-27-12-15-8-6-14(7-9-15)10-18-23(35)30(25(38)39-18)13-19(31)28-17(11-20(32)33)22(34)29-21(24(36)37)16-4-2-1-3-5-16/h1-9,12,17-18,21H,10-11,13,26H2,(H,28,31)(H,29,34)(H,32,33)(H,36,37)/t17-,18?,21-/m0/s1. The molecule has 0 spiro atoms. The number of amides is 4. The van der Waals surface area contributed by atoms with Gasteiger partial charge in [-0.3, -0.25) is 19.2 Å². The van der Waals surface area contributed by atoms with Gasteiger partial charge in [0.2, 0.25) is 11.8 Å². The van der Waals surface area contributed by atoms with Crippen LogP contribution >= 0.6 is 0 Å². The molecule has 1 aliphatic rings. The quantitative estimate of drug-likeness (QED) is 0.135. The number of carboxylic acid groups (broad SMARTS) is 2. The number of nitrogens with two attached hydrogens (primary N) is 1. The van der Waals surface area contributed by atoms with Crippen molar-refractivity contribution in [3.05, 3.63) is 71.3 Å². The van der Waals surface area contributed by atoms with Crippen LogP contribution in [0.2, 0.25) is 0 Å². The third-order valence-electron chi connectivity index (χ3n) is 5.63. The maximum absolute atomic E-state index is 12.7. The molecular formula is C25H25N5O9. The molecule has 0 bridgehead atoms. The van der Waals surface area contributed by atoms with Crippen LogP contribution in [0, 0.1) is 0 Å². The van der Waals surface area contributed by atoms with Crippen LogP contribution in [-0.4, -0.2) is 75.8 Å². The monoisotopic (exact) mass is 539 g/mol. The predicted molar refractivity (Wildman–Crippen MR) is 133 cm³/mol. The van der Waals surface area contributed by atoms with E-state index in [4.69, 9.17) is 10.6 Å². The van der Waals surface area contributed by atoms with Crippen LogP contribution in [-0.2, 0) is 35.1 Å². The Kier molecular flexibility index (Phi) is 9.29. The van der Waals surface area contributed by atoms with E-state index in [1.807, 2.05) is 0 Å². The van der Waals surface area contributed by atoms with Crippen molar-refractivity contribution < 1.29 is 43.7 Å². The van der Waals surface area contributed by atoms with Crippen LogP contribution in [0.3, 0.4) is 0 Å². The number of carbonyl (C=O) groups is 6. The molecule has 1 saturated heterocycles. The van der Waals surface area contributed by atoms with Crippen LogP contribution in [0.5, 0.6) is 0 Å². The fourth-order valence-electron chi connectivity index (χ4n) is 3.75. The van der Waals surface area contributed by atoms with Gasteiger partial charge in [-0.05, 0) is 16.7 Å². The summed E-state index contributed by atoms with van der Waals surface area (Å²) in [5, 5.41) is 26.5. The van der Waals surface area contributed by atoms with Crippen molar-refractivity contribution in [3.63, 3.8) is 0 Å². The van der Waals surface area contributed by atoms with Crippen molar-refractivity contribution in [1.82, 2.24) is 15.5 Å². The number of aliphatic carboxylic acids is 2. The van der Waals surface area contributed by atoms with E-state index in [2.05, 4.69) is 15.7 Å². The average Bonchev–Trinajstić information content (AvgIpc) is 3.15. The molecule has 2 aromatic carbocycles. The minimum absolute atomic E-state index is 0.0306. The van der Waals surface area contributed by atoms with Crippen molar-refractivity contribution >= 4 is 42.0 Å². The van der Waals surface area contributed by atoms with Gasteiger partial charge < -0.3 is 31.4 Å². The van der Waals surface area contributed by atoms with E-state index < -0.39 is 66.9 Å². The minimum Gasteiger partial charge on any atom is -0.481 e. The van der Waals surface area contributed by atoms with Gasteiger partial charge in [0.1, 0.15) is 12.6 Å². The number of ether oxygens (including phenoxy) is 1. The number of nitrogens with zero attached hydrogens (tertiary/aromatic N) is 2. The Morgan fingerprint density at radius 1 is 1.03 bits per heavy atom. The molecule has 1 heterocycles. The molecule has 14 heteroatoms. The molecule has 4 amide bonds. The molecule has 3 rings (SSSR count). The van der Waals surface area contributed by atoms with Crippen molar-refractivity contribution in [1.29, 1.82) is 0 Å². The Morgan fingerprint density at radius 2 is 1.69 bits per heavy atom. The SMILES string of the molecule is NN=Cc1ccc(CC2OC(=O)N(CC(=O)N[C@@H](CC(=O)O)C(=O)N[C@H](C(=O)O)c3ccccc3)C2=O)cc1. The average molecular weight is 540 g/mol. The molecule has 2 aromatic rings. The van der Waals surface area contributed by atoms with E-state index in [-0.39, 0.29) is 12.0 Å². The van der Waals surface area contributed by atoms with E-state index in [9.17, 15) is 39.0 Å². The summed E-state index contributed by atoms with van der Waals surface area (Å²) in [6.07, 6.45) is -1.71. The second-order valence-electron chi connectivity index (χ2n) is 8.43. The zero-order valence-corrected chi connectivity index (χ0v) is 20.4. The Hall–Kier alpha value is -5.27. The van der Waals surface area contributed by atoms with Crippen LogP contribution in [0.1, 0.15) is 29.2 Å². The van der Waals surface area contributed by atoms with Crippen LogP contribution in [0.25, 0.3) is 0 Å². The highest BCUT2D eigenvalue weighted by molar-refractivity contribution is 6.03. The number of benzene rings is 2. The van der Waals surface area contributed by atoms with E-state index in [1.165, 1.54) is 18.3 Å². The first-order valence-electron chi connectivity index (χ1n) is 11.5. The highest BCUT2D eigenvalue weighted by atomic mass is 16.6. The molecule has 1 unspecified atom stereocenters. The second-order valence-corrected chi connectivity index (χ2v) is 8.43. The summed E-state index contributed by atoms with van der Waals surface area (Å²) in [4.78, 5) is 73.9. The molecule has 0 aliphatic carbocycles. The Balaban J connectivity index is 1.64. The fraction of sp³-hybridized carbons (Fsp3) is 0.240. The first-order valence-corrected chi connectivity index (χ1v) is 11.5. The molecule has 14 nitrogen and oxygen atoms in total. The fourth-order valence-corrected chi connectivity index (χ4v) is 3.75. The predicted octanol–water partition coefficient (Wildman–Crippen LogP) is -0.229. The summed E-state index contributed by atoms with van der Waals surface area (Å²) in [5.41, 5.74) is 1.59. The molecule has 0 aromatic heterocycles. The lowest BCUT2D eigenvalue weighted by Crippen LogP contribution is -2.52. The number of carbonyl (C=O) groups excluding carboxylic acids is 4. The maximum Gasteiger partial charge on any atom is 0.417 e. The van der Waals surface area contributed by atoms with E-state index >= 15 is 0 Å². The number of rotatable bonds is 12. The zero-order valence-electron chi connectivity index (χ0n) is 20.4. The van der Waals surface area contributed by atoms with Gasteiger partial charge in [0.15, 0.2) is 12.1 Å². The van der Waals surface area contributed by atoms with Crippen LogP contribution in [0.4, 0.5) is 4.79 Å². The molecule has 1 aliphatic heterocycles. The highest BCUT2D eigenvalue weighted by Crippen LogP contribution is 2.18. The van der Waals surface area contributed by atoms with Crippen LogP contribution in [0.15, 0.2) is 59.7 Å². The molecule has 6 N–H and O–H groups in total. The summed E-state index contributed by atoms with van der Waals surface area (Å²) >= 11 is 0. The van der Waals surface area contributed by atoms with Gasteiger partial charge in [-0.2, -0.15) is 5.10 Å². The van der Waals surface area contributed by atoms with Gasteiger partial charge in [-0.15, -0.1) is 0 Å². The Bertz CT molecular complexity index is 1280. The lowest BCUT2D eigenvalue weighted by Gasteiger charge is -2.21. The van der Waals surface area contributed by atoms with Gasteiger partial charge >= 0.3 is 18.0 Å². The van der Waals surface area contributed by atoms with E-state index in [0.717, 1.165) is 0 Å². The third-order valence-corrected chi connectivity index (χ3v) is 5.63. The summed E-state index contributed by atoms with van der Waals surface area (Å²) in [6.45, 7) is -0.843. The van der Waals surface area contributed by atoms with Crippen molar-refractivity contribution in [2.75, 3.05) is 6.54 Å². The smallest absolute Gasteiger partial charge is 0.417 e. The number of carboxylic acids is 2. The molecule has 204 valence electrons. The van der Waals surface area contributed by atoms with Gasteiger partial charge in [-0.1, -0.05) is 54.6 Å². The van der Waals surface area contributed by atoms with Crippen molar-refractivity contribution in [2.24, 2.45) is 10.9 Å². The van der Waals surface area contributed by atoms with Crippen LogP contribution < -0.4 is 16.5 Å². The molecule has 0 radical (unpaired) electrons. The van der Waals surface area contributed by atoms with Crippen molar-refractivity contribution in [3.8, 4) is 0 Å². The molecule has 3 atom stereocenters. The second kappa shape index (κ2) is 12.8. The summed E-state index contributed by atoms with van der Waals surface area (Å²) in [7, 11) is 0. The number of hydrazone groups is 1. The largest absolute Gasteiger partial charge is 0.481 e. The third kappa shape index (κ3) is 7.61. The summed E-state index contributed by atoms with van der Waals surface area (Å²) in [6, 6.07) is 11.2. The van der Waals surface area contributed by atoms with Gasteiger partial charge in [0, 0.05) is 6.42 Å². The molecule has 1 fully saturated rings. The first kappa shape index (κ1) is 28.3. The molecular weight excluding hydrogens is 514 g/mol. The van der Waals surface area contributed by atoms with E-state index in [1.54, 1.807) is 42.5 Å². The van der Waals surface area contributed by atoms with Gasteiger partial charge in [0.25, 0.3) is 5.91 Å². The number of imide groups is 1. The Labute approximate surface area is 221 Å².